The zero-order valence-corrected chi connectivity index (χ0v) is 15.2. The molecule has 6 nitrogen and oxygen atoms in total. The van der Waals surface area contributed by atoms with Crippen molar-refractivity contribution in [2.45, 2.75) is 31.7 Å². The van der Waals surface area contributed by atoms with Crippen LogP contribution in [-0.4, -0.2) is 32.7 Å². The third kappa shape index (κ3) is 3.96. The van der Waals surface area contributed by atoms with Crippen LogP contribution in [0.1, 0.15) is 30.7 Å². The summed E-state index contributed by atoms with van der Waals surface area (Å²) >= 11 is 6.00. The summed E-state index contributed by atoms with van der Waals surface area (Å²) in [6.07, 6.45) is 9.07. The standard InChI is InChI=1S/C19H22ClN5O/c20-18-5-3-14(4-6-18)17(11-25-12-22-23-24-25)9-19(26)21-10-16-8-13-1-2-15(16)7-13/h1-6,12-13,15-17H,7-11H2,(H,21,26)/t13-,15-,16+,17+/m0/s1. The number of halogens is 1. The summed E-state index contributed by atoms with van der Waals surface area (Å²) in [5, 5.41) is 15.1. The van der Waals surface area contributed by atoms with Gasteiger partial charge in [-0.2, -0.15) is 0 Å². The van der Waals surface area contributed by atoms with Crippen molar-refractivity contribution >= 4 is 17.5 Å². The Morgan fingerprint density at radius 3 is 2.77 bits per heavy atom. The number of fused-ring (bicyclic) bond motifs is 2. The first-order valence-corrected chi connectivity index (χ1v) is 9.46. The SMILES string of the molecule is O=C(C[C@H](Cn1cnnn1)c1ccc(Cl)cc1)NC[C@H]1C[C@H]2C=C[C@H]1C2. The van der Waals surface area contributed by atoms with Gasteiger partial charge in [0.05, 0.1) is 6.54 Å². The first kappa shape index (κ1) is 17.2. The smallest absolute Gasteiger partial charge is 0.220 e. The molecule has 1 amide bonds. The third-order valence-corrected chi connectivity index (χ3v) is 5.80. The van der Waals surface area contributed by atoms with Crippen LogP contribution in [0.3, 0.4) is 0 Å². The molecule has 4 atom stereocenters. The Kier molecular flexibility index (Phi) is 5.02. The van der Waals surface area contributed by atoms with Crippen LogP contribution in [0.15, 0.2) is 42.7 Å². The van der Waals surface area contributed by atoms with Gasteiger partial charge in [-0.05, 0) is 58.7 Å². The van der Waals surface area contributed by atoms with Crippen LogP contribution in [0.4, 0.5) is 0 Å². The summed E-state index contributed by atoms with van der Waals surface area (Å²) in [6, 6.07) is 7.63. The minimum Gasteiger partial charge on any atom is -0.356 e. The van der Waals surface area contributed by atoms with Gasteiger partial charge in [0.1, 0.15) is 6.33 Å². The highest BCUT2D eigenvalue weighted by atomic mass is 35.5. The Hall–Kier alpha value is -2.21. The lowest BCUT2D eigenvalue weighted by molar-refractivity contribution is -0.121. The van der Waals surface area contributed by atoms with E-state index in [-0.39, 0.29) is 11.8 Å². The second kappa shape index (κ2) is 7.58. The second-order valence-corrected chi connectivity index (χ2v) is 7.77. The molecule has 1 fully saturated rings. The molecule has 1 heterocycles. The van der Waals surface area contributed by atoms with Gasteiger partial charge >= 0.3 is 0 Å². The summed E-state index contributed by atoms with van der Waals surface area (Å²) in [6.45, 7) is 1.32. The zero-order chi connectivity index (χ0) is 17.9. The number of amides is 1. The maximum absolute atomic E-state index is 12.6. The number of rotatable bonds is 7. The molecule has 136 valence electrons. The average molecular weight is 372 g/mol. The highest BCUT2D eigenvalue weighted by Gasteiger charge is 2.35. The van der Waals surface area contributed by atoms with Crippen molar-refractivity contribution in [3.63, 3.8) is 0 Å². The maximum atomic E-state index is 12.6. The molecule has 0 unspecified atom stereocenters. The molecule has 0 spiro atoms. The molecular weight excluding hydrogens is 350 g/mol. The minimum absolute atomic E-state index is 0.00399. The van der Waals surface area contributed by atoms with E-state index >= 15 is 0 Å². The zero-order valence-electron chi connectivity index (χ0n) is 14.5. The first-order chi connectivity index (χ1) is 12.7. The molecule has 1 N–H and O–H groups in total. The van der Waals surface area contributed by atoms with Gasteiger partial charge in [-0.25, -0.2) is 4.68 Å². The Bertz CT molecular complexity index is 774. The maximum Gasteiger partial charge on any atom is 0.220 e. The Morgan fingerprint density at radius 2 is 2.12 bits per heavy atom. The van der Waals surface area contributed by atoms with Crippen LogP contribution in [0.25, 0.3) is 0 Å². The second-order valence-electron chi connectivity index (χ2n) is 7.33. The first-order valence-electron chi connectivity index (χ1n) is 9.08. The van der Waals surface area contributed by atoms with Crippen molar-refractivity contribution in [2.75, 3.05) is 6.54 Å². The highest BCUT2D eigenvalue weighted by Crippen LogP contribution is 2.42. The molecule has 26 heavy (non-hydrogen) atoms. The number of aromatic nitrogens is 4. The number of nitrogens with one attached hydrogen (secondary N) is 1. The van der Waals surface area contributed by atoms with Crippen LogP contribution >= 0.6 is 11.6 Å². The van der Waals surface area contributed by atoms with Gasteiger partial charge < -0.3 is 5.32 Å². The molecule has 0 saturated heterocycles. The van der Waals surface area contributed by atoms with E-state index in [1.54, 1.807) is 11.0 Å². The highest BCUT2D eigenvalue weighted by molar-refractivity contribution is 6.30. The lowest BCUT2D eigenvalue weighted by Crippen LogP contribution is -2.32. The molecule has 4 rings (SSSR count). The molecule has 2 aliphatic carbocycles. The van der Waals surface area contributed by atoms with Gasteiger partial charge in [0.25, 0.3) is 0 Å². The number of benzene rings is 1. The molecule has 0 aliphatic heterocycles. The van der Waals surface area contributed by atoms with Gasteiger partial charge in [0, 0.05) is 23.9 Å². The fraction of sp³-hybridized carbons (Fsp3) is 0.474. The van der Waals surface area contributed by atoms with E-state index in [1.165, 1.54) is 12.8 Å². The van der Waals surface area contributed by atoms with Crippen molar-refractivity contribution in [2.24, 2.45) is 17.8 Å². The number of allylic oxidation sites excluding steroid dienone is 2. The van der Waals surface area contributed by atoms with Gasteiger partial charge in [0.15, 0.2) is 0 Å². The molecule has 2 bridgehead atoms. The van der Waals surface area contributed by atoms with Crippen molar-refractivity contribution < 1.29 is 4.79 Å². The molecule has 2 aromatic rings. The Morgan fingerprint density at radius 1 is 1.27 bits per heavy atom. The Balaban J connectivity index is 1.38. The fourth-order valence-electron chi connectivity index (χ4n) is 4.18. The molecule has 1 saturated carbocycles. The van der Waals surface area contributed by atoms with Crippen molar-refractivity contribution in [3.05, 3.63) is 53.3 Å². The van der Waals surface area contributed by atoms with Crippen molar-refractivity contribution in [1.29, 1.82) is 0 Å². The third-order valence-electron chi connectivity index (χ3n) is 5.55. The molecule has 0 radical (unpaired) electrons. The number of hydrogen-bond donors (Lipinski definition) is 1. The predicted molar refractivity (Wildman–Crippen MR) is 98.5 cm³/mol. The number of nitrogens with zero attached hydrogens (tertiary/aromatic N) is 4. The van der Waals surface area contributed by atoms with E-state index in [2.05, 4.69) is 33.0 Å². The number of carbonyl (C=O) groups excluding carboxylic acids is 1. The van der Waals surface area contributed by atoms with E-state index in [0.717, 1.165) is 18.0 Å². The normalized spacial score (nSPS) is 24.7. The van der Waals surface area contributed by atoms with E-state index in [9.17, 15) is 4.79 Å². The summed E-state index contributed by atoms with van der Waals surface area (Å²) in [5.74, 6) is 2.03. The van der Waals surface area contributed by atoms with Crippen molar-refractivity contribution in [3.8, 4) is 0 Å². The van der Waals surface area contributed by atoms with E-state index < -0.39 is 0 Å². The van der Waals surface area contributed by atoms with Crippen LogP contribution in [-0.2, 0) is 11.3 Å². The van der Waals surface area contributed by atoms with E-state index in [1.807, 2.05) is 24.3 Å². The fourth-order valence-corrected chi connectivity index (χ4v) is 4.31. The number of carbonyl (C=O) groups is 1. The van der Waals surface area contributed by atoms with Gasteiger partial charge in [-0.1, -0.05) is 35.9 Å². The molecule has 1 aromatic heterocycles. The molecule has 2 aliphatic rings. The average Bonchev–Trinajstić information content (AvgIpc) is 3.38. The summed E-state index contributed by atoms with van der Waals surface area (Å²) in [5.41, 5.74) is 1.06. The lowest BCUT2D eigenvalue weighted by atomic mass is 9.93. The van der Waals surface area contributed by atoms with Gasteiger partial charge in [-0.3, -0.25) is 4.79 Å². The van der Waals surface area contributed by atoms with Crippen LogP contribution in [0.5, 0.6) is 0 Å². The van der Waals surface area contributed by atoms with E-state index in [4.69, 9.17) is 11.6 Å². The predicted octanol–water partition coefficient (Wildman–Crippen LogP) is 2.83. The quantitative estimate of drug-likeness (QED) is 0.759. The van der Waals surface area contributed by atoms with Crippen LogP contribution in [0, 0.1) is 17.8 Å². The van der Waals surface area contributed by atoms with Gasteiger partial charge in [-0.15, -0.1) is 5.10 Å². The molecular formula is C19H22ClN5O. The molecule has 1 aromatic carbocycles. The van der Waals surface area contributed by atoms with Crippen molar-refractivity contribution in [1.82, 2.24) is 25.5 Å². The largest absolute Gasteiger partial charge is 0.356 e. The number of hydrogen-bond acceptors (Lipinski definition) is 4. The topological polar surface area (TPSA) is 72.7 Å². The summed E-state index contributed by atoms with van der Waals surface area (Å²) < 4.78 is 1.66. The Labute approximate surface area is 157 Å². The summed E-state index contributed by atoms with van der Waals surface area (Å²) in [7, 11) is 0. The van der Waals surface area contributed by atoms with Crippen LogP contribution < -0.4 is 5.32 Å². The molecule has 7 heteroatoms. The lowest BCUT2D eigenvalue weighted by Gasteiger charge is -2.20. The monoisotopic (exact) mass is 371 g/mol. The number of tetrazole rings is 1. The van der Waals surface area contributed by atoms with Crippen LogP contribution in [0.2, 0.25) is 5.02 Å². The van der Waals surface area contributed by atoms with Gasteiger partial charge in [0.2, 0.25) is 5.91 Å². The summed E-state index contributed by atoms with van der Waals surface area (Å²) in [4.78, 5) is 12.6. The van der Waals surface area contributed by atoms with E-state index in [0.29, 0.717) is 29.8 Å². The minimum atomic E-state index is -0.00399.